The van der Waals surface area contributed by atoms with Crippen LogP contribution in [0.3, 0.4) is 0 Å². The number of aromatic nitrogens is 4. The molecule has 152 valence electrons. The Labute approximate surface area is 184 Å². The normalized spacial score (nSPS) is 10.9. The number of halogens is 1. The van der Waals surface area contributed by atoms with Gasteiger partial charge in [0.1, 0.15) is 5.65 Å². The maximum Gasteiger partial charge on any atom is 0.325 e. The van der Waals surface area contributed by atoms with Crippen LogP contribution in [0.1, 0.15) is 11.3 Å². The first-order valence-electron chi connectivity index (χ1n) is 8.75. The molecule has 8 nitrogen and oxygen atoms in total. The Balaban J connectivity index is 1.37. The summed E-state index contributed by atoms with van der Waals surface area (Å²) >= 11 is 8.46. The number of anilines is 2. The maximum absolute atomic E-state index is 12.3. The second-order valence-electron chi connectivity index (χ2n) is 6.27. The van der Waals surface area contributed by atoms with Crippen molar-refractivity contribution >= 4 is 57.2 Å². The zero-order chi connectivity index (χ0) is 21.1. The van der Waals surface area contributed by atoms with Gasteiger partial charge in [-0.05, 0) is 42.8 Å². The summed E-state index contributed by atoms with van der Waals surface area (Å²) in [4.78, 5) is 28.9. The minimum absolute atomic E-state index is 0.127. The van der Waals surface area contributed by atoms with Crippen LogP contribution in [0.2, 0.25) is 5.02 Å². The average molecular weight is 459 g/mol. The van der Waals surface area contributed by atoms with Crippen LogP contribution >= 0.6 is 34.7 Å². The highest BCUT2D eigenvalue weighted by molar-refractivity contribution is 8.00. The highest BCUT2D eigenvalue weighted by Crippen LogP contribution is 2.28. The molecule has 2 amide bonds. The van der Waals surface area contributed by atoms with E-state index in [0.29, 0.717) is 37.3 Å². The number of carbonyl (C=O) groups is 1. The van der Waals surface area contributed by atoms with Crippen molar-refractivity contribution in [2.24, 2.45) is 0 Å². The minimum atomic E-state index is -0.426. The van der Waals surface area contributed by atoms with Gasteiger partial charge in [0.05, 0.1) is 5.69 Å². The van der Waals surface area contributed by atoms with Gasteiger partial charge in [0.2, 0.25) is 5.13 Å². The van der Waals surface area contributed by atoms with E-state index in [4.69, 9.17) is 11.6 Å². The van der Waals surface area contributed by atoms with Crippen LogP contribution in [0, 0.1) is 6.92 Å². The fourth-order valence-corrected chi connectivity index (χ4v) is 4.34. The zero-order valence-electron chi connectivity index (χ0n) is 15.6. The molecular weight excluding hydrogens is 444 g/mol. The Morgan fingerprint density at radius 3 is 2.77 bits per heavy atom. The van der Waals surface area contributed by atoms with Crippen molar-refractivity contribution in [1.82, 2.24) is 19.6 Å². The number of pyridine rings is 1. The lowest BCUT2D eigenvalue weighted by Gasteiger charge is -2.04. The molecule has 2 N–H and O–H groups in total. The van der Waals surface area contributed by atoms with Gasteiger partial charge in [0.15, 0.2) is 4.34 Å². The van der Waals surface area contributed by atoms with E-state index < -0.39 is 6.03 Å². The van der Waals surface area contributed by atoms with Crippen molar-refractivity contribution in [1.29, 1.82) is 0 Å². The quantitative estimate of drug-likeness (QED) is 0.338. The van der Waals surface area contributed by atoms with Crippen molar-refractivity contribution in [3.8, 4) is 0 Å². The minimum Gasteiger partial charge on any atom is -0.308 e. The monoisotopic (exact) mass is 458 g/mol. The summed E-state index contributed by atoms with van der Waals surface area (Å²) in [6.45, 7) is 1.92. The van der Waals surface area contributed by atoms with Gasteiger partial charge >= 0.3 is 6.03 Å². The molecule has 11 heteroatoms. The van der Waals surface area contributed by atoms with E-state index in [0.717, 1.165) is 5.56 Å². The number of carbonyl (C=O) groups excluding carboxylic acids is 1. The lowest BCUT2D eigenvalue weighted by Crippen LogP contribution is -2.19. The Kier molecular flexibility index (Phi) is 5.98. The second-order valence-corrected chi connectivity index (χ2v) is 8.90. The van der Waals surface area contributed by atoms with Crippen molar-refractivity contribution in [3.05, 3.63) is 75.3 Å². The summed E-state index contributed by atoms with van der Waals surface area (Å²) in [6.07, 6.45) is 1.76. The van der Waals surface area contributed by atoms with Crippen molar-refractivity contribution in [2.45, 2.75) is 17.0 Å². The molecule has 30 heavy (non-hydrogen) atoms. The maximum atomic E-state index is 12.3. The summed E-state index contributed by atoms with van der Waals surface area (Å²) in [5, 5.41) is 14.3. The van der Waals surface area contributed by atoms with Crippen LogP contribution in [0.4, 0.5) is 15.6 Å². The predicted octanol–water partition coefficient (Wildman–Crippen LogP) is 4.44. The van der Waals surface area contributed by atoms with Gasteiger partial charge in [-0.1, -0.05) is 40.8 Å². The first kappa shape index (κ1) is 20.3. The molecule has 0 bridgehead atoms. The van der Waals surface area contributed by atoms with E-state index in [1.54, 1.807) is 30.5 Å². The third kappa shape index (κ3) is 4.96. The number of aryl methyl sites for hydroxylation is 1. The van der Waals surface area contributed by atoms with Crippen LogP contribution in [0.5, 0.6) is 0 Å². The number of hydrogen-bond acceptors (Lipinski definition) is 7. The third-order valence-corrected chi connectivity index (χ3v) is 6.19. The first-order chi connectivity index (χ1) is 14.5. The second kappa shape index (κ2) is 8.82. The number of hydrogen-bond donors (Lipinski definition) is 2. The molecule has 0 saturated heterocycles. The number of nitrogens with zero attached hydrogens (tertiary/aromatic N) is 4. The zero-order valence-corrected chi connectivity index (χ0v) is 18.0. The number of thioether (sulfide) groups is 1. The third-order valence-electron chi connectivity index (χ3n) is 3.93. The fourth-order valence-electron chi connectivity index (χ4n) is 2.58. The summed E-state index contributed by atoms with van der Waals surface area (Å²) in [7, 11) is 0. The SMILES string of the molecule is Cc1ccc2nc(CSc3nnc(NC(=O)Nc4ccc(Cl)cc4)s3)cc(=O)n2c1. The van der Waals surface area contributed by atoms with Gasteiger partial charge in [0.25, 0.3) is 5.56 Å². The van der Waals surface area contributed by atoms with E-state index in [2.05, 4.69) is 25.8 Å². The van der Waals surface area contributed by atoms with Gasteiger partial charge in [-0.2, -0.15) is 0 Å². The average Bonchev–Trinajstić information content (AvgIpc) is 3.16. The number of nitrogens with one attached hydrogen (secondary N) is 2. The fraction of sp³-hybridized carbons (Fsp3) is 0.105. The van der Waals surface area contributed by atoms with Gasteiger partial charge in [0, 0.05) is 28.7 Å². The molecule has 4 aromatic rings. The largest absolute Gasteiger partial charge is 0.325 e. The molecule has 3 heterocycles. The van der Waals surface area contributed by atoms with Crippen molar-refractivity contribution in [2.75, 3.05) is 10.6 Å². The van der Waals surface area contributed by atoms with E-state index in [-0.39, 0.29) is 5.56 Å². The van der Waals surface area contributed by atoms with E-state index in [9.17, 15) is 9.59 Å². The van der Waals surface area contributed by atoms with E-state index in [1.807, 2.05) is 19.1 Å². The van der Waals surface area contributed by atoms with Crippen LogP contribution in [0.15, 0.2) is 57.8 Å². The summed E-state index contributed by atoms with van der Waals surface area (Å²) in [5.74, 6) is 0.464. The molecule has 0 aliphatic rings. The molecule has 0 aliphatic carbocycles. The topological polar surface area (TPSA) is 101 Å². The van der Waals surface area contributed by atoms with Crippen LogP contribution < -0.4 is 16.2 Å². The lowest BCUT2D eigenvalue weighted by atomic mass is 10.3. The smallest absolute Gasteiger partial charge is 0.308 e. The molecule has 4 rings (SSSR count). The summed E-state index contributed by atoms with van der Waals surface area (Å²) in [6, 6.07) is 11.6. The Bertz CT molecular complexity index is 1270. The number of amides is 2. The number of rotatable bonds is 5. The van der Waals surface area contributed by atoms with Gasteiger partial charge in [-0.15, -0.1) is 10.2 Å². The molecule has 3 aromatic heterocycles. The molecule has 0 aliphatic heterocycles. The Morgan fingerprint density at radius 2 is 1.97 bits per heavy atom. The number of urea groups is 1. The van der Waals surface area contributed by atoms with Gasteiger partial charge in [-0.3, -0.25) is 14.5 Å². The first-order valence-corrected chi connectivity index (χ1v) is 10.9. The molecule has 0 spiro atoms. The molecule has 0 fully saturated rings. The number of benzene rings is 1. The molecule has 0 atom stereocenters. The van der Waals surface area contributed by atoms with E-state index in [1.165, 1.54) is 33.6 Å². The molecule has 0 radical (unpaired) electrons. The summed E-state index contributed by atoms with van der Waals surface area (Å²) < 4.78 is 2.18. The molecule has 1 aromatic carbocycles. The Hall–Kier alpha value is -2.95. The lowest BCUT2D eigenvalue weighted by molar-refractivity contribution is 0.262. The van der Waals surface area contributed by atoms with Gasteiger partial charge in [-0.25, -0.2) is 9.78 Å². The highest BCUT2D eigenvalue weighted by Gasteiger charge is 2.10. The van der Waals surface area contributed by atoms with Crippen LogP contribution in [-0.4, -0.2) is 25.6 Å². The molecular formula is C19H15ClN6O2S2. The predicted molar refractivity (Wildman–Crippen MR) is 120 cm³/mol. The van der Waals surface area contributed by atoms with Crippen LogP contribution in [0.25, 0.3) is 5.65 Å². The van der Waals surface area contributed by atoms with E-state index >= 15 is 0 Å². The van der Waals surface area contributed by atoms with Crippen LogP contribution in [-0.2, 0) is 5.75 Å². The summed E-state index contributed by atoms with van der Waals surface area (Å²) in [5.41, 5.74) is 2.72. The number of fused-ring (bicyclic) bond motifs is 1. The van der Waals surface area contributed by atoms with Crippen molar-refractivity contribution < 1.29 is 4.79 Å². The Morgan fingerprint density at radius 1 is 1.17 bits per heavy atom. The standard InChI is InChI=1S/C19H15ClN6O2S2/c1-11-2-7-15-21-14(8-16(27)26(15)9-11)10-29-19-25-24-18(30-19)23-17(28)22-13-5-3-12(20)4-6-13/h2-9H,10H2,1H3,(H2,22,23,24,28). The molecule has 0 saturated carbocycles. The molecule has 0 unspecified atom stereocenters. The van der Waals surface area contributed by atoms with Gasteiger partial charge < -0.3 is 5.32 Å². The van der Waals surface area contributed by atoms with Crippen molar-refractivity contribution in [3.63, 3.8) is 0 Å². The highest BCUT2D eigenvalue weighted by atomic mass is 35.5.